The van der Waals surface area contributed by atoms with Gasteiger partial charge in [-0.3, -0.25) is 14.1 Å². The molecule has 0 aromatic rings. The van der Waals surface area contributed by atoms with E-state index in [9.17, 15) is 14.2 Å². The summed E-state index contributed by atoms with van der Waals surface area (Å²) >= 11 is 0. The van der Waals surface area contributed by atoms with Crippen molar-refractivity contribution in [1.29, 1.82) is 0 Å². The van der Waals surface area contributed by atoms with Crippen LogP contribution in [0.15, 0.2) is 36.5 Å². The number of phosphoric ester groups is 1. The van der Waals surface area contributed by atoms with Gasteiger partial charge in [-0.1, -0.05) is 159 Å². The molecule has 0 radical (unpaired) electrons. The number of phosphoric acid groups is 1. The minimum absolute atomic E-state index is 0.204. The molecule has 0 aromatic carbocycles. The highest BCUT2D eigenvalue weighted by molar-refractivity contribution is 7.46. The van der Waals surface area contributed by atoms with Gasteiger partial charge in [0.1, 0.15) is 6.61 Å². The molecule has 0 saturated carbocycles. The highest BCUT2D eigenvalue weighted by Gasteiger charge is 2.22. The lowest BCUT2D eigenvalue weighted by Gasteiger charge is -2.18. The molecule has 0 unspecified atom stereocenters. The Hall–Kier alpha value is -1.73. The number of esters is 2. The maximum atomic E-state index is 12.4. The van der Waals surface area contributed by atoms with E-state index in [1.807, 2.05) is 0 Å². The van der Waals surface area contributed by atoms with Gasteiger partial charge in [-0.05, 0) is 70.6 Å². The highest BCUT2D eigenvalue weighted by Crippen LogP contribution is 2.36. The van der Waals surface area contributed by atoms with Gasteiger partial charge in [0.25, 0.3) is 0 Å². The molecule has 1 atom stereocenters. The molecule has 0 bridgehead atoms. The summed E-state index contributed by atoms with van der Waals surface area (Å²) in [6.07, 6.45) is 45.8. The fourth-order valence-corrected chi connectivity index (χ4v) is 6.29. The molecule has 0 heterocycles. The summed E-state index contributed by atoms with van der Waals surface area (Å²) in [5, 5.41) is 0. The zero-order chi connectivity index (χ0) is 38.2. The van der Waals surface area contributed by atoms with Crippen molar-refractivity contribution < 1.29 is 37.9 Å². The molecule has 0 aliphatic heterocycles. The lowest BCUT2D eigenvalue weighted by Crippen LogP contribution is -2.29. The molecule has 0 saturated heterocycles. The monoisotopic (exact) mass is 755 g/mol. The average Bonchev–Trinajstić information content (AvgIpc) is 3.11. The maximum absolute atomic E-state index is 12.4. The number of hydrogen-bond donors (Lipinski definition) is 2. The van der Waals surface area contributed by atoms with E-state index in [0.29, 0.717) is 12.8 Å². The van der Waals surface area contributed by atoms with Crippen LogP contribution in [-0.4, -0.2) is 41.0 Å². The second-order valence-corrected chi connectivity index (χ2v) is 15.5. The van der Waals surface area contributed by atoms with Crippen LogP contribution in [0.5, 0.6) is 0 Å². The van der Waals surface area contributed by atoms with Crippen molar-refractivity contribution in [3.05, 3.63) is 36.5 Å². The Morgan fingerprint density at radius 2 is 0.865 bits per heavy atom. The number of carbonyl (C=O) groups excluding carboxylic acids is 2. The molecule has 8 nitrogen and oxygen atoms in total. The van der Waals surface area contributed by atoms with E-state index in [-0.39, 0.29) is 19.4 Å². The Bertz CT molecular complexity index is 941. The summed E-state index contributed by atoms with van der Waals surface area (Å²) in [5.74, 6) is -0.904. The molecule has 0 rings (SSSR count). The zero-order valence-electron chi connectivity index (χ0n) is 33.5. The smallest absolute Gasteiger partial charge is 0.462 e. The van der Waals surface area contributed by atoms with E-state index in [0.717, 1.165) is 57.8 Å². The third kappa shape index (κ3) is 41.0. The largest absolute Gasteiger partial charge is 0.469 e. The second-order valence-electron chi connectivity index (χ2n) is 14.3. The molecule has 0 amide bonds. The topological polar surface area (TPSA) is 119 Å². The zero-order valence-corrected chi connectivity index (χ0v) is 34.4. The Morgan fingerprint density at radius 1 is 0.500 bits per heavy atom. The molecular formula is C43H79O8P. The van der Waals surface area contributed by atoms with Crippen LogP contribution < -0.4 is 0 Å². The van der Waals surface area contributed by atoms with E-state index in [1.54, 1.807) is 0 Å². The first kappa shape index (κ1) is 50.3. The first-order chi connectivity index (χ1) is 25.3. The molecule has 9 heteroatoms. The quantitative estimate of drug-likeness (QED) is 0.0275. The molecule has 2 N–H and O–H groups in total. The molecule has 0 aliphatic rings. The summed E-state index contributed by atoms with van der Waals surface area (Å²) in [7, 11) is -4.76. The van der Waals surface area contributed by atoms with Crippen LogP contribution in [0, 0.1) is 0 Å². The van der Waals surface area contributed by atoms with Gasteiger partial charge in [0.15, 0.2) is 6.10 Å². The fourth-order valence-electron chi connectivity index (χ4n) is 5.93. The number of unbranched alkanes of at least 4 members (excludes halogenated alkanes) is 23. The summed E-state index contributed by atoms with van der Waals surface area (Å²) in [4.78, 5) is 42.8. The normalized spacial score (nSPS) is 12.8. The molecule has 0 aromatic heterocycles. The third-order valence-electron chi connectivity index (χ3n) is 9.13. The summed E-state index contributed by atoms with van der Waals surface area (Å²) in [5.41, 5.74) is 0. The molecule has 0 spiro atoms. The summed E-state index contributed by atoms with van der Waals surface area (Å²) in [6, 6.07) is 0. The van der Waals surface area contributed by atoms with Crippen LogP contribution in [0.2, 0.25) is 0 Å². The van der Waals surface area contributed by atoms with Crippen LogP contribution in [0.25, 0.3) is 0 Å². The van der Waals surface area contributed by atoms with Gasteiger partial charge >= 0.3 is 19.8 Å². The van der Waals surface area contributed by atoms with Crippen LogP contribution in [0.3, 0.4) is 0 Å². The maximum Gasteiger partial charge on any atom is 0.469 e. The summed E-state index contributed by atoms with van der Waals surface area (Å²) < 4.78 is 26.4. The lowest BCUT2D eigenvalue weighted by molar-refractivity contribution is -0.161. The SMILES string of the molecule is CCCCC/C=C/C/C=C/CCCCCCCCCCCC(=O)O[C@H](COC(=O)CCCCC/C=C/CCCCCCCCCC)COP(=O)(O)O. The van der Waals surface area contributed by atoms with Crippen molar-refractivity contribution in [3.8, 4) is 0 Å². The Morgan fingerprint density at radius 3 is 1.35 bits per heavy atom. The molecule has 0 fully saturated rings. The van der Waals surface area contributed by atoms with Crippen molar-refractivity contribution in [1.82, 2.24) is 0 Å². The molecule has 0 aliphatic carbocycles. The van der Waals surface area contributed by atoms with E-state index in [2.05, 4.69) is 54.8 Å². The van der Waals surface area contributed by atoms with Crippen molar-refractivity contribution in [2.75, 3.05) is 13.2 Å². The van der Waals surface area contributed by atoms with Gasteiger partial charge in [-0.15, -0.1) is 0 Å². The third-order valence-corrected chi connectivity index (χ3v) is 9.62. The number of carbonyl (C=O) groups is 2. The van der Waals surface area contributed by atoms with Crippen molar-refractivity contribution in [3.63, 3.8) is 0 Å². The summed E-state index contributed by atoms with van der Waals surface area (Å²) in [6.45, 7) is 3.65. The Balaban J connectivity index is 3.93. The van der Waals surface area contributed by atoms with Crippen molar-refractivity contribution >= 4 is 19.8 Å². The minimum Gasteiger partial charge on any atom is -0.462 e. The predicted octanol–water partition coefficient (Wildman–Crippen LogP) is 13.0. The molecule has 304 valence electrons. The van der Waals surface area contributed by atoms with Crippen LogP contribution in [0.4, 0.5) is 0 Å². The number of rotatable bonds is 39. The van der Waals surface area contributed by atoms with Gasteiger partial charge in [0.05, 0.1) is 6.61 Å². The molecular weight excluding hydrogens is 675 g/mol. The van der Waals surface area contributed by atoms with Crippen LogP contribution in [0.1, 0.15) is 206 Å². The first-order valence-corrected chi connectivity index (χ1v) is 22.8. The highest BCUT2D eigenvalue weighted by atomic mass is 31.2. The van der Waals surface area contributed by atoms with Crippen LogP contribution in [-0.2, 0) is 28.2 Å². The lowest BCUT2D eigenvalue weighted by atomic mass is 10.1. The van der Waals surface area contributed by atoms with E-state index in [4.69, 9.17) is 19.3 Å². The van der Waals surface area contributed by atoms with Gasteiger partial charge in [0, 0.05) is 12.8 Å². The predicted molar refractivity (Wildman–Crippen MR) is 216 cm³/mol. The van der Waals surface area contributed by atoms with Gasteiger partial charge < -0.3 is 19.3 Å². The van der Waals surface area contributed by atoms with E-state index >= 15 is 0 Å². The van der Waals surface area contributed by atoms with Crippen molar-refractivity contribution in [2.24, 2.45) is 0 Å². The number of hydrogen-bond acceptors (Lipinski definition) is 6. The number of allylic oxidation sites excluding steroid dienone is 6. The van der Waals surface area contributed by atoms with Gasteiger partial charge in [0.2, 0.25) is 0 Å². The van der Waals surface area contributed by atoms with Crippen LogP contribution >= 0.6 is 7.82 Å². The van der Waals surface area contributed by atoms with Gasteiger partial charge in [-0.2, -0.15) is 0 Å². The van der Waals surface area contributed by atoms with Crippen molar-refractivity contribution in [2.45, 2.75) is 213 Å². The standard InChI is InChI=1S/C43H79O8P/c1-3-5-7-9-11-13-15-17-19-20-21-22-24-26-28-30-32-34-36-38-43(45)51-41(40-50-52(46,47)48)39-49-42(44)37-35-33-31-29-27-25-23-18-16-14-12-10-8-6-4-2/h11,13,17,19,25,27,41H,3-10,12,14-16,18,20-24,26,28-40H2,1-2H3,(H2,46,47,48)/b13-11+,19-17+,27-25+/t41-/m1/s1. The first-order valence-electron chi connectivity index (χ1n) is 21.3. The van der Waals surface area contributed by atoms with E-state index < -0.39 is 32.5 Å². The minimum atomic E-state index is -4.76. The Kier molecular flexibility index (Phi) is 37.7. The Labute approximate surface area is 319 Å². The number of ether oxygens (including phenoxy) is 2. The van der Waals surface area contributed by atoms with Gasteiger partial charge in [-0.25, -0.2) is 4.57 Å². The average molecular weight is 755 g/mol. The fraction of sp³-hybridized carbons (Fsp3) is 0.814. The molecule has 52 heavy (non-hydrogen) atoms. The second kappa shape index (κ2) is 39.0. The van der Waals surface area contributed by atoms with E-state index in [1.165, 1.54) is 109 Å².